The van der Waals surface area contributed by atoms with E-state index in [9.17, 15) is 0 Å². The van der Waals surface area contributed by atoms with Crippen LogP contribution < -0.4 is 0 Å². The summed E-state index contributed by atoms with van der Waals surface area (Å²) in [7, 11) is 2.04. The van der Waals surface area contributed by atoms with E-state index >= 15 is 0 Å². The number of imidazole rings is 1. The average molecular weight is 231 g/mol. The molecule has 1 heterocycles. The Kier molecular flexibility index (Phi) is 3.79. The summed E-state index contributed by atoms with van der Waals surface area (Å²) < 4.78 is 3.08. The first-order valence-electron chi connectivity index (χ1n) is 4.41. The first kappa shape index (κ1) is 9.78. The summed E-state index contributed by atoms with van der Waals surface area (Å²) >= 11 is 3.44. The molecule has 68 valence electrons. The van der Waals surface area contributed by atoms with Gasteiger partial charge in [0.2, 0.25) is 0 Å². The van der Waals surface area contributed by atoms with Gasteiger partial charge in [0.1, 0.15) is 4.60 Å². The van der Waals surface area contributed by atoms with Crippen molar-refractivity contribution in [2.45, 2.75) is 32.6 Å². The Balaban J connectivity index is 2.50. The summed E-state index contributed by atoms with van der Waals surface area (Å²) in [5.41, 5.74) is 1.31. The molecule has 0 saturated heterocycles. The molecule has 2 nitrogen and oxygen atoms in total. The van der Waals surface area contributed by atoms with Crippen LogP contribution in [-0.2, 0) is 13.5 Å². The molecule has 0 atom stereocenters. The van der Waals surface area contributed by atoms with E-state index in [1.165, 1.54) is 25.0 Å². The third-order valence-electron chi connectivity index (χ3n) is 2.03. The van der Waals surface area contributed by atoms with E-state index in [1.807, 2.05) is 13.4 Å². The minimum atomic E-state index is 1.00. The minimum absolute atomic E-state index is 1.00. The van der Waals surface area contributed by atoms with Crippen LogP contribution in [0.15, 0.2) is 10.9 Å². The highest BCUT2D eigenvalue weighted by molar-refractivity contribution is 9.10. The second-order valence-corrected chi connectivity index (χ2v) is 3.80. The van der Waals surface area contributed by atoms with Crippen molar-refractivity contribution in [1.29, 1.82) is 0 Å². The van der Waals surface area contributed by atoms with E-state index in [-0.39, 0.29) is 0 Å². The zero-order valence-corrected chi connectivity index (χ0v) is 9.26. The van der Waals surface area contributed by atoms with Gasteiger partial charge in [0.15, 0.2) is 0 Å². The Morgan fingerprint density at radius 3 is 2.75 bits per heavy atom. The summed E-state index contributed by atoms with van der Waals surface area (Å²) in [4.78, 5) is 4.17. The average Bonchev–Trinajstić information content (AvgIpc) is 2.35. The second-order valence-electron chi connectivity index (χ2n) is 3.05. The zero-order chi connectivity index (χ0) is 8.97. The van der Waals surface area contributed by atoms with Gasteiger partial charge in [0.05, 0.1) is 12.0 Å². The number of aryl methyl sites for hydroxylation is 1. The lowest BCUT2D eigenvalue weighted by Crippen LogP contribution is -1.95. The molecular weight excluding hydrogens is 216 g/mol. The molecule has 0 aliphatic carbocycles. The maximum Gasteiger partial charge on any atom is 0.127 e. The molecule has 0 unspecified atom stereocenters. The third-order valence-corrected chi connectivity index (χ3v) is 2.69. The van der Waals surface area contributed by atoms with E-state index in [1.54, 1.807) is 0 Å². The monoisotopic (exact) mass is 230 g/mol. The molecule has 3 heteroatoms. The fraction of sp³-hybridized carbons (Fsp3) is 0.667. The Hall–Kier alpha value is -0.310. The molecule has 0 aliphatic heterocycles. The van der Waals surface area contributed by atoms with Crippen LogP contribution in [0.5, 0.6) is 0 Å². The minimum Gasteiger partial charge on any atom is -0.337 e. The van der Waals surface area contributed by atoms with Crippen LogP contribution in [-0.4, -0.2) is 9.55 Å². The normalized spacial score (nSPS) is 10.6. The Morgan fingerprint density at radius 2 is 2.25 bits per heavy atom. The van der Waals surface area contributed by atoms with Gasteiger partial charge in [-0.1, -0.05) is 19.8 Å². The molecular formula is C9H15BrN2. The van der Waals surface area contributed by atoms with Crippen molar-refractivity contribution in [3.8, 4) is 0 Å². The smallest absolute Gasteiger partial charge is 0.127 e. The lowest BCUT2D eigenvalue weighted by molar-refractivity contribution is 0.684. The number of rotatable bonds is 4. The third kappa shape index (κ3) is 2.34. The molecule has 0 N–H and O–H groups in total. The fourth-order valence-electron chi connectivity index (χ4n) is 1.25. The first-order valence-corrected chi connectivity index (χ1v) is 5.20. The standard InChI is InChI=1S/C9H15BrN2/c1-3-4-5-6-8-9(10)11-7-12(8)2/h7H,3-6H2,1-2H3. The summed E-state index contributed by atoms with van der Waals surface area (Å²) in [5.74, 6) is 0. The number of unbranched alkanes of at least 4 members (excludes halogenated alkanes) is 2. The van der Waals surface area contributed by atoms with Crippen LogP contribution in [0.25, 0.3) is 0 Å². The molecule has 1 rings (SSSR count). The Labute approximate surface area is 82.1 Å². The molecule has 0 spiro atoms. The highest BCUT2D eigenvalue weighted by Crippen LogP contribution is 2.16. The number of halogens is 1. The molecule has 0 aliphatic rings. The van der Waals surface area contributed by atoms with Gasteiger partial charge in [-0.2, -0.15) is 0 Å². The van der Waals surface area contributed by atoms with E-state index < -0.39 is 0 Å². The van der Waals surface area contributed by atoms with Crippen LogP contribution in [0.3, 0.4) is 0 Å². The quantitative estimate of drug-likeness (QED) is 0.728. The van der Waals surface area contributed by atoms with Crippen molar-refractivity contribution in [3.05, 3.63) is 16.6 Å². The van der Waals surface area contributed by atoms with Gasteiger partial charge in [-0.05, 0) is 28.8 Å². The molecule has 0 amide bonds. The summed E-state index contributed by atoms with van der Waals surface area (Å²) in [6, 6.07) is 0. The van der Waals surface area contributed by atoms with Crippen molar-refractivity contribution < 1.29 is 0 Å². The van der Waals surface area contributed by atoms with Crippen LogP contribution in [0.2, 0.25) is 0 Å². The highest BCUT2D eigenvalue weighted by atomic mass is 79.9. The predicted octanol–water partition coefficient (Wildman–Crippen LogP) is 2.92. The van der Waals surface area contributed by atoms with E-state index in [4.69, 9.17) is 0 Å². The molecule has 1 aromatic rings. The lowest BCUT2D eigenvalue weighted by atomic mass is 10.2. The van der Waals surface area contributed by atoms with Crippen LogP contribution >= 0.6 is 15.9 Å². The van der Waals surface area contributed by atoms with E-state index in [2.05, 4.69) is 32.4 Å². The summed E-state index contributed by atoms with van der Waals surface area (Å²) in [6.07, 6.45) is 6.82. The van der Waals surface area contributed by atoms with Gasteiger partial charge in [-0.25, -0.2) is 4.98 Å². The number of hydrogen-bond donors (Lipinski definition) is 0. The maximum absolute atomic E-state index is 4.17. The van der Waals surface area contributed by atoms with Crippen molar-refractivity contribution >= 4 is 15.9 Å². The van der Waals surface area contributed by atoms with Crippen molar-refractivity contribution in [1.82, 2.24) is 9.55 Å². The number of aromatic nitrogens is 2. The lowest BCUT2D eigenvalue weighted by Gasteiger charge is -2.01. The number of hydrogen-bond acceptors (Lipinski definition) is 1. The van der Waals surface area contributed by atoms with E-state index in [0.29, 0.717) is 0 Å². The van der Waals surface area contributed by atoms with Crippen LogP contribution in [0.1, 0.15) is 31.9 Å². The SMILES string of the molecule is CCCCCc1c(Br)ncn1C. The molecule has 12 heavy (non-hydrogen) atoms. The zero-order valence-electron chi connectivity index (χ0n) is 7.68. The Morgan fingerprint density at radius 1 is 1.50 bits per heavy atom. The van der Waals surface area contributed by atoms with Crippen molar-refractivity contribution in [3.63, 3.8) is 0 Å². The largest absolute Gasteiger partial charge is 0.337 e. The summed E-state index contributed by atoms with van der Waals surface area (Å²) in [6.45, 7) is 2.22. The summed E-state index contributed by atoms with van der Waals surface area (Å²) in [5, 5.41) is 0. The van der Waals surface area contributed by atoms with Gasteiger partial charge < -0.3 is 4.57 Å². The molecule has 0 radical (unpaired) electrons. The van der Waals surface area contributed by atoms with E-state index in [0.717, 1.165) is 11.0 Å². The molecule has 1 aromatic heterocycles. The molecule has 0 bridgehead atoms. The van der Waals surface area contributed by atoms with Crippen LogP contribution in [0.4, 0.5) is 0 Å². The van der Waals surface area contributed by atoms with Gasteiger partial charge in [0, 0.05) is 7.05 Å². The molecule has 0 saturated carbocycles. The number of nitrogens with zero attached hydrogens (tertiary/aromatic N) is 2. The Bertz CT molecular complexity index is 223. The topological polar surface area (TPSA) is 17.8 Å². The van der Waals surface area contributed by atoms with Crippen LogP contribution in [0, 0.1) is 0 Å². The van der Waals surface area contributed by atoms with Gasteiger partial charge in [-0.15, -0.1) is 0 Å². The molecule has 0 aromatic carbocycles. The van der Waals surface area contributed by atoms with Crippen molar-refractivity contribution in [2.75, 3.05) is 0 Å². The fourth-order valence-corrected chi connectivity index (χ4v) is 1.82. The van der Waals surface area contributed by atoms with Crippen molar-refractivity contribution in [2.24, 2.45) is 7.05 Å². The second kappa shape index (κ2) is 4.65. The highest BCUT2D eigenvalue weighted by Gasteiger charge is 2.04. The van der Waals surface area contributed by atoms with Gasteiger partial charge in [0.25, 0.3) is 0 Å². The van der Waals surface area contributed by atoms with Gasteiger partial charge >= 0.3 is 0 Å². The predicted molar refractivity (Wildman–Crippen MR) is 54.1 cm³/mol. The first-order chi connectivity index (χ1) is 5.75. The van der Waals surface area contributed by atoms with Gasteiger partial charge in [-0.3, -0.25) is 0 Å². The maximum atomic E-state index is 4.17. The molecule has 0 fully saturated rings.